The van der Waals surface area contributed by atoms with E-state index in [1.165, 1.54) is 148 Å². The Morgan fingerprint density at radius 1 is 0.292 bits per heavy atom. The number of esters is 3. The molecule has 0 radical (unpaired) electrons. The molecular weight excluding hydrogens is 889 g/mol. The first-order chi connectivity index (χ1) is 35.5. The third-order valence-electron chi connectivity index (χ3n) is 13.1. The Kier molecular flexibility index (Phi) is 57.3. The summed E-state index contributed by atoms with van der Waals surface area (Å²) in [7, 11) is 0. The van der Waals surface area contributed by atoms with E-state index in [2.05, 4.69) is 106 Å². The molecule has 72 heavy (non-hydrogen) atoms. The summed E-state index contributed by atoms with van der Waals surface area (Å²) in [6.07, 6.45) is 79.0. The Hall–Kier alpha value is -3.41. The van der Waals surface area contributed by atoms with Crippen LogP contribution in [0.1, 0.15) is 297 Å². The van der Waals surface area contributed by atoms with Crippen molar-refractivity contribution < 1.29 is 28.6 Å². The van der Waals surface area contributed by atoms with Crippen LogP contribution in [0.3, 0.4) is 0 Å². The van der Waals surface area contributed by atoms with Gasteiger partial charge in [0.1, 0.15) is 13.2 Å². The molecule has 0 amide bonds. The van der Waals surface area contributed by atoms with Crippen LogP contribution in [-0.4, -0.2) is 37.2 Å². The summed E-state index contributed by atoms with van der Waals surface area (Å²) >= 11 is 0. The van der Waals surface area contributed by atoms with Crippen molar-refractivity contribution in [2.75, 3.05) is 13.2 Å². The van der Waals surface area contributed by atoms with Crippen LogP contribution in [0.2, 0.25) is 0 Å². The van der Waals surface area contributed by atoms with Gasteiger partial charge in [0.05, 0.1) is 0 Å². The van der Waals surface area contributed by atoms with E-state index in [0.717, 1.165) is 109 Å². The van der Waals surface area contributed by atoms with Gasteiger partial charge in [-0.15, -0.1) is 0 Å². The molecule has 0 aromatic heterocycles. The molecule has 0 N–H and O–H groups in total. The highest BCUT2D eigenvalue weighted by atomic mass is 16.6. The zero-order chi connectivity index (χ0) is 52.2. The molecule has 414 valence electrons. The molecule has 0 aromatic carbocycles. The summed E-state index contributed by atoms with van der Waals surface area (Å²) in [4.78, 5) is 38.0. The Balaban J connectivity index is 4.16. The van der Waals surface area contributed by atoms with Gasteiger partial charge in [-0.1, -0.05) is 266 Å². The topological polar surface area (TPSA) is 78.9 Å². The SMILES string of the molecule is CC/C=C\C/C=C\C/C=C\C/C=C\C/C=C\C/C=C\CCCCCCCCC(=O)OCC(COC(=O)CCCCCCCC)OC(=O)CCCCCCCCCCCCC/C=C\CCCCCCCCCC. The molecule has 0 aromatic rings. The van der Waals surface area contributed by atoms with E-state index in [-0.39, 0.29) is 31.1 Å². The van der Waals surface area contributed by atoms with Crippen LogP contribution in [0.5, 0.6) is 0 Å². The van der Waals surface area contributed by atoms with Crippen molar-refractivity contribution in [3.05, 3.63) is 85.1 Å². The average molecular weight is 1000 g/mol. The van der Waals surface area contributed by atoms with E-state index in [0.29, 0.717) is 19.3 Å². The van der Waals surface area contributed by atoms with Gasteiger partial charge in [0, 0.05) is 19.3 Å². The van der Waals surface area contributed by atoms with Gasteiger partial charge in [0.25, 0.3) is 0 Å². The maximum atomic E-state index is 12.8. The van der Waals surface area contributed by atoms with Crippen molar-refractivity contribution in [3.63, 3.8) is 0 Å². The van der Waals surface area contributed by atoms with Crippen LogP contribution in [0.4, 0.5) is 0 Å². The quantitative estimate of drug-likeness (QED) is 0.0261. The summed E-state index contributed by atoms with van der Waals surface area (Å²) in [5.74, 6) is -0.898. The first-order valence-corrected chi connectivity index (χ1v) is 30.6. The van der Waals surface area contributed by atoms with Crippen LogP contribution in [0.15, 0.2) is 85.1 Å². The lowest BCUT2D eigenvalue weighted by atomic mass is 10.0. The van der Waals surface area contributed by atoms with Crippen LogP contribution in [0, 0.1) is 0 Å². The van der Waals surface area contributed by atoms with E-state index in [1.54, 1.807) is 0 Å². The summed E-state index contributed by atoms with van der Waals surface area (Å²) in [6.45, 7) is 6.47. The van der Waals surface area contributed by atoms with E-state index in [4.69, 9.17) is 14.2 Å². The Bertz CT molecular complexity index is 1380. The lowest BCUT2D eigenvalue weighted by Gasteiger charge is -2.18. The summed E-state index contributed by atoms with van der Waals surface area (Å²) in [6, 6.07) is 0. The molecule has 0 bridgehead atoms. The van der Waals surface area contributed by atoms with Gasteiger partial charge >= 0.3 is 17.9 Å². The van der Waals surface area contributed by atoms with Gasteiger partial charge in [-0.25, -0.2) is 0 Å². The Morgan fingerprint density at radius 2 is 0.542 bits per heavy atom. The highest BCUT2D eigenvalue weighted by Crippen LogP contribution is 2.16. The molecule has 6 heteroatoms. The third kappa shape index (κ3) is 57.5. The molecule has 0 fully saturated rings. The molecule has 0 aliphatic heterocycles. The molecule has 0 heterocycles. The monoisotopic (exact) mass is 1000 g/mol. The van der Waals surface area contributed by atoms with Crippen molar-refractivity contribution in [2.24, 2.45) is 0 Å². The van der Waals surface area contributed by atoms with Crippen molar-refractivity contribution >= 4 is 17.9 Å². The lowest BCUT2D eigenvalue weighted by molar-refractivity contribution is -0.167. The average Bonchev–Trinajstić information content (AvgIpc) is 3.38. The standard InChI is InChI=1S/C66H114O6/c1-4-7-10-13-16-18-20-22-24-26-28-30-32-33-35-36-38-40-42-44-46-48-50-53-56-59-65(68)71-62-63(61-70-64(67)58-55-52-15-12-9-6-3)72-66(69)60-57-54-51-49-47-45-43-41-39-37-34-31-29-27-25-23-21-19-17-14-11-8-5-2/h7,10,16,18,22,24,27-30,33,35,38,40,63H,4-6,8-9,11-15,17,19-21,23,25-26,31-32,34,36-37,39,41-62H2,1-3H3/b10-7-,18-16-,24-22-,29-27-,30-28-,35-33-,40-38-. The normalized spacial score (nSPS) is 12.7. The number of ether oxygens (including phenoxy) is 3. The predicted octanol–water partition coefficient (Wildman–Crippen LogP) is 20.7. The Labute approximate surface area is 445 Å². The fraction of sp³-hybridized carbons (Fsp3) is 0.742. The molecule has 0 saturated carbocycles. The number of hydrogen-bond acceptors (Lipinski definition) is 6. The molecule has 0 spiro atoms. The second kappa shape index (κ2) is 60.1. The van der Waals surface area contributed by atoms with E-state index in [1.807, 2.05) is 0 Å². The van der Waals surface area contributed by atoms with Crippen molar-refractivity contribution in [1.29, 1.82) is 0 Å². The molecule has 0 aliphatic rings. The number of allylic oxidation sites excluding steroid dienone is 14. The van der Waals surface area contributed by atoms with Crippen LogP contribution in [0.25, 0.3) is 0 Å². The number of hydrogen-bond donors (Lipinski definition) is 0. The van der Waals surface area contributed by atoms with Gasteiger partial charge in [-0.3, -0.25) is 14.4 Å². The van der Waals surface area contributed by atoms with E-state index >= 15 is 0 Å². The van der Waals surface area contributed by atoms with Gasteiger partial charge in [0.2, 0.25) is 0 Å². The second-order valence-electron chi connectivity index (χ2n) is 20.2. The first kappa shape index (κ1) is 68.6. The molecular formula is C66H114O6. The highest BCUT2D eigenvalue weighted by Gasteiger charge is 2.19. The maximum Gasteiger partial charge on any atom is 0.306 e. The molecule has 1 unspecified atom stereocenters. The number of carbonyl (C=O) groups is 3. The molecule has 0 aliphatic carbocycles. The highest BCUT2D eigenvalue weighted by molar-refractivity contribution is 5.71. The van der Waals surface area contributed by atoms with Gasteiger partial charge in [-0.2, -0.15) is 0 Å². The van der Waals surface area contributed by atoms with Gasteiger partial charge in [0.15, 0.2) is 6.10 Å². The lowest BCUT2D eigenvalue weighted by Crippen LogP contribution is -2.30. The molecule has 1 atom stereocenters. The summed E-state index contributed by atoms with van der Waals surface area (Å²) < 4.78 is 16.8. The fourth-order valence-electron chi connectivity index (χ4n) is 8.56. The largest absolute Gasteiger partial charge is 0.462 e. The fourth-order valence-corrected chi connectivity index (χ4v) is 8.56. The Morgan fingerprint density at radius 3 is 0.861 bits per heavy atom. The summed E-state index contributed by atoms with van der Waals surface area (Å²) in [5, 5.41) is 0. The van der Waals surface area contributed by atoms with Crippen molar-refractivity contribution in [3.8, 4) is 0 Å². The van der Waals surface area contributed by atoms with Crippen molar-refractivity contribution in [2.45, 2.75) is 303 Å². The number of rotatable bonds is 55. The van der Waals surface area contributed by atoms with Crippen LogP contribution >= 0.6 is 0 Å². The summed E-state index contributed by atoms with van der Waals surface area (Å²) in [5.41, 5.74) is 0. The predicted molar refractivity (Wildman–Crippen MR) is 311 cm³/mol. The van der Waals surface area contributed by atoms with Crippen molar-refractivity contribution in [1.82, 2.24) is 0 Å². The third-order valence-corrected chi connectivity index (χ3v) is 13.1. The minimum atomic E-state index is -0.780. The molecule has 6 nitrogen and oxygen atoms in total. The maximum absolute atomic E-state index is 12.8. The number of carbonyl (C=O) groups excluding carboxylic acids is 3. The van der Waals surface area contributed by atoms with Crippen LogP contribution in [-0.2, 0) is 28.6 Å². The van der Waals surface area contributed by atoms with Gasteiger partial charge < -0.3 is 14.2 Å². The number of unbranched alkanes of at least 4 members (excludes halogenated alkanes) is 30. The van der Waals surface area contributed by atoms with E-state index < -0.39 is 6.10 Å². The minimum Gasteiger partial charge on any atom is -0.462 e. The van der Waals surface area contributed by atoms with Crippen LogP contribution < -0.4 is 0 Å². The van der Waals surface area contributed by atoms with Gasteiger partial charge in [-0.05, 0) is 96.3 Å². The first-order valence-electron chi connectivity index (χ1n) is 30.6. The minimum absolute atomic E-state index is 0.0806. The zero-order valence-corrected chi connectivity index (χ0v) is 47.4. The molecule has 0 rings (SSSR count). The molecule has 0 saturated heterocycles. The second-order valence-corrected chi connectivity index (χ2v) is 20.2. The van der Waals surface area contributed by atoms with E-state index in [9.17, 15) is 14.4 Å². The smallest absolute Gasteiger partial charge is 0.306 e. The zero-order valence-electron chi connectivity index (χ0n) is 47.4.